The molecule has 0 saturated heterocycles. The van der Waals surface area contributed by atoms with Crippen LogP contribution in [0.1, 0.15) is 46.5 Å². The molecule has 2 atom stereocenters. The van der Waals surface area contributed by atoms with Crippen LogP contribution in [0.15, 0.2) is 54.6 Å². The highest BCUT2D eigenvalue weighted by Gasteiger charge is 2.27. The molecule has 2 rings (SSSR count). The average molecular weight is 411 g/mol. The number of methoxy groups -OCH3 is 1. The zero-order chi connectivity index (χ0) is 22.1. The third-order valence-electron chi connectivity index (χ3n) is 4.74. The molecule has 2 aromatic carbocycles. The van der Waals surface area contributed by atoms with Crippen molar-refractivity contribution in [2.24, 2.45) is 5.92 Å². The lowest BCUT2D eigenvalue weighted by molar-refractivity contribution is -0.147. The lowest BCUT2D eigenvalue weighted by Crippen LogP contribution is -2.47. The Balaban J connectivity index is 1.93. The zero-order valence-corrected chi connectivity index (χ0v) is 17.2. The van der Waals surface area contributed by atoms with Crippen molar-refractivity contribution in [2.45, 2.75) is 26.3 Å². The molecule has 0 heterocycles. The van der Waals surface area contributed by atoms with Crippen LogP contribution in [0.5, 0.6) is 0 Å². The standard InChI is InChI=1S/C23H25NO6/c1-4-15(2)20(23(28)29-3)24-19(25)14-30-22(27)18-12-10-17(11-13-18)21(26)16-8-6-5-7-9-16/h5-13,15,20H,4,14H2,1-3H3,(H,24,25)/t15-,20+/m0/s1. The van der Waals surface area contributed by atoms with Crippen molar-refractivity contribution in [1.29, 1.82) is 0 Å². The van der Waals surface area contributed by atoms with Gasteiger partial charge in [-0.1, -0.05) is 62.7 Å². The van der Waals surface area contributed by atoms with Gasteiger partial charge in [-0.15, -0.1) is 0 Å². The van der Waals surface area contributed by atoms with Crippen molar-refractivity contribution in [3.05, 3.63) is 71.3 Å². The second-order valence-electron chi connectivity index (χ2n) is 6.80. The maximum Gasteiger partial charge on any atom is 0.338 e. The Morgan fingerprint density at radius 3 is 2.03 bits per heavy atom. The predicted molar refractivity (Wildman–Crippen MR) is 110 cm³/mol. The van der Waals surface area contributed by atoms with E-state index < -0.39 is 30.5 Å². The number of rotatable bonds is 9. The number of amides is 1. The van der Waals surface area contributed by atoms with Gasteiger partial charge in [0.2, 0.25) is 0 Å². The quantitative estimate of drug-likeness (QED) is 0.503. The van der Waals surface area contributed by atoms with Crippen molar-refractivity contribution >= 4 is 23.6 Å². The van der Waals surface area contributed by atoms with Gasteiger partial charge in [0.25, 0.3) is 5.91 Å². The molecule has 158 valence electrons. The normalized spacial score (nSPS) is 12.4. The molecule has 1 N–H and O–H groups in total. The number of carbonyl (C=O) groups excluding carboxylic acids is 4. The van der Waals surface area contributed by atoms with Gasteiger partial charge < -0.3 is 14.8 Å². The molecule has 0 bridgehead atoms. The summed E-state index contributed by atoms with van der Waals surface area (Å²) in [6.07, 6.45) is 0.661. The van der Waals surface area contributed by atoms with Crippen LogP contribution in [0.25, 0.3) is 0 Å². The van der Waals surface area contributed by atoms with Gasteiger partial charge in [0, 0.05) is 11.1 Å². The van der Waals surface area contributed by atoms with E-state index in [0.717, 1.165) is 0 Å². The molecular formula is C23H25NO6. The highest BCUT2D eigenvalue weighted by Crippen LogP contribution is 2.12. The van der Waals surface area contributed by atoms with E-state index in [9.17, 15) is 19.2 Å². The molecule has 0 aromatic heterocycles. The molecule has 0 aliphatic rings. The highest BCUT2D eigenvalue weighted by atomic mass is 16.5. The molecule has 0 aliphatic carbocycles. The SMILES string of the molecule is CC[C@H](C)[C@@H](NC(=O)COC(=O)c1ccc(C(=O)c2ccccc2)cc1)C(=O)OC. The second-order valence-corrected chi connectivity index (χ2v) is 6.80. The lowest BCUT2D eigenvalue weighted by atomic mass is 9.99. The van der Waals surface area contributed by atoms with E-state index in [1.807, 2.05) is 19.9 Å². The smallest absolute Gasteiger partial charge is 0.338 e. The molecule has 0 fully saturated rings. The summed E-state index contributed by atoms with van der Waals surface area (Å²) in [4.78, 5) is 48.5. The molecule has 0 unspecified atom stereocenters. The fourth-order valence-electron chi connectivity index (χ4n) is 2.74. The van der Waals surface area contributed by atoms with Gasteiger partial charge in [-0.2, -0.15) is 0 Å². The molecule has 0 radical (unpaired) electrons. The van der Waals surface area contributed by atoms with E-state index in [1.54, 1.807) is 24.3 Å². The summed E-state index contributed by atoms with van der Waals surface area (Å²) in [6.45, 7) is 3.17. The first kappa shape index (κ1) is 22.8. The predicted octanol–water partition coefficient (Wildman–Crippen LogP) is 2.78. The number of ether oxygens (including phenoxy) is 2. The summed E-state index contributed by atoms with van der Waals surface area (Å²) >= 11 is 0. The van der Waals surface area contributed by atoms with E-state index in [1.165, 1.54) is 31.4 Å². The highest BCUT2D eigenvalue weighted by molar-refractivity contribution is 6.09. The van der Waals surface area contributed by atoms with E-state index in [0.29, 0.717) is 17.5 Å². The Labute approximate surface area is 175 Å². The number of nitrogens with one attached hydrogen (secondary N) is 1. The fraction of sp³-hybridized carbons (Fsp3) is 0.304. The summed E-state index contributed by atoms with van der Waals surface area (Å²) < 4.78 is 9.72. The van der Waals surface area contributed by atoms with Crippen LogP contribution >= 0.6 is 0 Å². The van der Waals surface area contributed by atoms with Gasteiger partial charge in [0.1, 0.15) is 6.04 Å². The molecule has 1 amide bonds. The minimum absolute atomic E-state index is 0.133. The number of hydrogen-bond acceptors (Lipinski definition) is 6. The van der Waals surface area contributed by atoms with E-state index in [2.05, 4.69) is 5.32 Å². The van der Waals surface area contributed by atoms with E-state index in [-0.39, 0.29) is 17.3 Å². The summed E-state index contributed by atoms with van der Waals surface area (Å²) in [6, 6.07) is 14.0. The van der Waals surface area contributed by atoms with Gasteiger partial charge >= 0.3 is 11.9 Å². The van der Waals surface area contributed by atoms with Gasteiger partial charge in [0.05, 0.1) is 12.7 Å². The van der Waals surface area contributed by atoms with Crippen LogP contribution in [0.3, 0.4) is 0 Å². The van der Waals surface area contributed by atoms with Crippen LogP contribution in [-0.2, 0) is 19.1 Å². The van der Waals surface area contributed by atoms with Crippen LogP contribution in [-0.4, -0.2) is 43.4 Å². The van der Waals surface area contributed by atoms with Crippen LogP contribution in [0.2, 0.25) is 0 Å². The molecule has 0 spiro atoms. The van der Waals surface area contributed by atoms with Crippen LogP contribution in [0.4, 0.5) is 0 Å². The van der Waals surface area contributed by atoms with Crippen LogP contribution in [0, 0.1) is 5.92 Å². The summed E-state index contributed by atoms with van der Waals surface area (Å²) in [5, 5.41) is 2.53. The van der Waals surface area contributed by atoms with Crippen molar-refractivity contribution < 1.29 is 28.7 Å². The third kappa shape index (κ3) is 6.01. The largest absolute Gasteiger partial charge is 0.467 e. The Morgan fingerprint density at radius 1 is 0.900 bits per heavy atom. The monoisotopic (exact) mass is 411 g/mol. The zero-order valence-electron chi connectivity index (χ0n) is 17.2. The third-order valence-corrected chi connectivity index (χ3v) is 4.74. The first-order valence-corrected chi connectivity index (χ1v) is 9.61. The summed E-state index contributed by atoms with van der Waals surface area (Å²) in [5.74, 6) is -2.15. The van der Waals surface area contributed by atoms with Crippen molar-refractivity contribution in [3.8, 4) is 0 Å². The van der Waals surface area contributed by atoms with Crippen molar-refractivity contribution in [1.82, 2.24) is 5.32 Å². The number of carbonyl (C=O) groups is 4. The topological polar surface area (TPSA) is 98.8 Å². The second kappa shape index (κ2) is 10.9. The Kier molecular flexibility index (Phi) is 8.29. The molecule has 2 aromatic rings. The van der Waals surface area contributed by atoms with Gasteiger partial charge in [-0.05, 0) is 18.1 Å². The lowest BCUT2D eigenvalue weighted by Gasteiger charge is -2.21. The molecule has 7 nitrogen and oxygen atoms in total. The minimum atomic E-state index is -0.811. The minimum Gasteiger partial charge on any atom is -0.467 e. The maximum atomic E-state index is 12.4. The van der Waals surface area contributed by atoms with Gasteiger partial charge in [-0.3, -0.25) is 9.59 Å². The molecule has 0 aliphatic heterocycles. The van der Waals surface area contributed by atoms with Crippen molar-refractivity contribution in [2.75, 3.05) is 13.7 Å². The summed E-state index contributed by atoms with van der Waals surface area (Å²) in [5.41, 5.74) is 1.19. The molecule has 30 heavy (non-hydrogen) atoms. The fourth-order valence-corrected chi connectivity index (χ4v) is 2.74. The first-order chi connectivity index (χ1) is 14.4. The Morgan fingerprint density at radius 2 is 1.47 bits per heavy atom. The van der Waals surface area contributed by atoms with E-state index >= 15 is 0 Å². The number of ketones is 1. The Hall–Kier alpha value is -3.48. The first-order valence-electron chi connectivity index (χ1n) is 9.61. The number of esters is 2. The van der Waals surface area contributed by atoms with Gasteiger partial charge in [0.15, 0.2) is 12.4 Å². The van der Waals surface area contributed by atoms with Gasteiger partial charge in [-0.25, -0.2) is 9.59 Å². The average Bonchev–Trinajstić information content (AvgIpc) is 2.80. The Bertz CT molecular complexity index is 892. The molecular weight excluding hydrogens is 386 g/mol. The number of benzene rings is 2. The van der Waals surface area contributed by atoms with Crippen molar-refractivity contribution in [3.63, 3.8) is 0 Å². The molecule has 7 heteroatoms. The maximum absolute atomic E-state index is 12.4. The summed E-state index contributed by atoms with van der Waals surface area (Å²) in [7, 11) is 1.25. The molecule has 0 saturated carbocycles. The number of hydrogen-bond donors (Lipinski definition) is 1. The van der Waals surface area contributed by atoms with E-state index in [4.69, 9.17) is 9.47 Å². The van der Waals surface area contributed by atoms with Crippen LogP contribution < -0.4 is 5.32 Å².